The first-order valence-corrected chi connectivity index (χ1v) is 6.50. The molecule has 0 aliphatic carbocycles. The zero-order valence-corrected chi connectivity index (χ0v) is 11.4. The third-order valence-electron chi connectivity index (χ3n) is 3.34. The molecule has 0 N–H and O–H groups in total. The third-order valence-corrected chi connectivity index (χ3v) is 3.34. The molecule has 104 valence electrons. The molecule has 3 aromatic rings. The second-order valence-corrected chi connectivity index (χ2v) is 4.59. The van der Waals surface area contributed by atoms with Crippen molar-refractivity contribution in [3.63, 3.8) is 0 Å². The number of ether oxygens (including phenoxy) is 1. The van der Waals surface area contributed by atoms with E-state index < -0.39 is 5.97 Å². The highest BCUT2D eigenvalue weighted by atomic mass is 16.5. The average Bonchev–Trinajstić information content (AvgIpc) is 2.93. The van der Waals surface area contributed by atoms with Gasteiger partial charge in [-0.3, -0.25) is 4.79 Å². The SMILES string of the molecule is COC(=O)c1cc2ccccn2c1C(=O)c1ccccc1. The predicted octanol–water partition coefficient (Wildman–Crippen LogP) is 2.96. The van der Waals surface area contributed by atoms with Crippen molar-refractivity contribution in [1.29, 1.82) is 0 Å². The van der Waals surface area contributed by atoms with E-state index in [1.54, 1.807) is 40.9 Å². The summed E-state index contributed by atoms with van der Waals surface area (Å²) in [5, 5.41) is 0. The van der Waals surface area contributed by atoms with E-state index in [-0.39, 0.29) is 11.3 Å². The number of esters is 1. The first-order valence-electron chi connectivity index (χ1n) is 6.50. The van der Waals surface area contributed by atoms with Crippen LogP contribution in [-0.2, 0) is 4.74 Å². The zero-order chi connectivity index (χ0) is 14.8. The molecule has 2 aromatic heterocycles. The maximum absolute atomic E-state index is 12.7. The monoisotopic (exact) mass is 279 g/mol. The number of fused-ring (bicyclic) bond motifs is 1. The second-order valence-electron chi connectivity index (χ2n) is 4.59. The number of methoxy groups -OCH3 is 1. The quantitative estimate of drug-likeness (QED) is 0.547. The molecule has 0 atom stereocenters. The minimum Gasteiger partial charge on any atom is -0.465 e. The lowest BCUT2D eigenvalue weighted by Crippen LogP contribution is -2.12. The molecular weight excluding hydrogens is 266 g/mol. The topological polar surface area (TPSA) is 47.8 Å². The van der Waals surface area contributed by atoms with Crippen molar-refractivity contribution < 1.29 is 14.3 Å². The predicted molar refractivity (Wildman–Crippen MR) is 78.6 cm³/mol. The highest BCUT2D eigenvalue weighted by molar-refractivity contribution is 6.14. The van der Waals surface area contributed by atoms with E-state index in [1.807, 2.05) is 24.3 Å². The smallest absolute Gasteiger partial charge is 0.340 e. The Bertz CT molecular complexity index is 818. The molecule has 3 rings (SSSR count). The minimum absolute atomic E-state index is 0.206. The van der Waals surface area contributed by atoms with Gasteiger partial charge in [0.05, 0.1) is 12.7 Å². The summed E-state index contributed by atoms with van der Waals surface area (Å²) in [6.07, 6.45) is 1.76. The first kappa shape index (κ1) is 13.1. The van der Waals surface area contributed by atoms with Crippen molar-refractivity contribution in [3.05, 3.63) is 77.6 Å². The van der Waals surface area contributed by atoms with Crippen LogP contribution in [0.2, 0.25) is 0 Å². The molecule has 0 saturated carbocycles. The molecule has 0 aliphatic rings. The summed E-state index contributed by atoms with van der Waals surface area (Å²) in [6, 6.07) is 16.1. The van der Waals surface area contributed by atoms with Crippen LogP contribution in [0.1, 0.15) is 26.4 Å². The Morgan fingerprint density at radius 1 is 1.00 bits per heavy atom. The van der Waals surface area contributed by atoms with Crippen molar-refractivity contribution in [1.82, 2.24) is 4.40 Å². The summed E-state index contributed by atoms with van der Waals surface area (Å²) in [4.78, 5) is 24.7. The summed E-state index contributed by atoms with van der Waals surface area (Å²) < 4.78 is 6.50. The molecule has 4 heteroatoms. The van der Waals surface area contributed by atoms with Gasteiger partial charge < -0.3 is 9.14 Å². The second kappa shape index (κ2) is 5.25. The fourth-order valence-electron chi connectivity index (χ4n) is 2.35. The van der Waals surface area contributed by atoms with Gasteiger partial charge in [0.25, 0.3) is 0 Å². The minimum atomic E-state index is -0.516. The van der Waals surface area contributed by atoms with Crippen LogP contribution in [0.15, 0.2) is 60.8 Å². The normalized spacial score (nSPS) is 10.5. The third kappa shape index (κ3) is 2.21. The molecule has 1 aromatic carbocycles. The summed E-state index contributed by atoms with van der Waals surface area (Å²) in [5.74, 6) is -0.722. The Balaban J connectivity index is 2.25. The molecule has 0 amide bonds. The summed E-state index contributed by atoms with van der Waals surface area (Å²) in [7, 11) is 1.31. The lowest BCUT2D eigenvalue weighted by atomic mass is 10.1. The first-order chi connectivity index (χ1) is 10.2. The lowest BCUT2D eigenvalue weighted by Gasteiger charge is -2.05. The van der Waals surface area contributed by atoms with Gasteiger partial charge in [0.15, 0.2) is 0 Å². The Labute approximate surface area is 121 Å². The zero-order valence-electron chi connectivity index (χ0n) is 11.4. The number of pyridine rings is 1. The lowest BCUT2D eigenvalue weighted by molar-refractivity contribution is 0.0597. The number of hydrogen-bond donors (Lipinski definition) is 0. The Kier molecular flexibility index (Phi) is 3.28. The fraction of sp³-hybridized carbons (Fsp3) is 0.0588. The van der Waals surface area contributed by atoms with Crippen molar-refractivity contribution >= 4 is 17.3 Å². The van der Waals surface area contributed by atoms with E-state index in [9.17, 15) is 9.59 Å². The number of nitrogens with zero attached hydrogens (tertiary/aromatic N) is 1. The van der Waals surface area contributed by atoms with E-state index in [1.165, 1.54) is 7.11 Å². The molecule has 0 unspecified atom stereocenters. The molecule has 0 bridgehead atoms. The number of rotatable bonds is 3. The number of carbonyl (C=O) groups excluding carboxylic acids is 2. The van der Waals surface area contributed by atoms with E-state index in [0.717, 1.165) is 5.52 Å². The fourth-order valence-corrected chi connectivity index (χ4v) is 2.35. The molecule has 0 fully saturated rings. The van der Waals surface area contributed by atoms with E-state index in [0.29, 0.717) is 11.3 Å². The molecule has 0 saturated heterocycles. The molecule has 4 nitrogen and oxygen atoms in total. The highest BCUT2D eigenvalue weighted by Gasteiger charge is 2.23. The van der Waals surface area contributed by atoms with E-state index in [4.69, 9.17) is 4.74 Å². The van der Waals surface area contributed by atoms with Gasteiger partial charge in [0, 0.05) is 17.3 Å². The van der Waals surface area contributed by atoms with Crippen molar-refractivity contribution in [2.75, 3.05) is 7.11 Å². The Morgan fingerprint density at radius 2 is 1.71 bits per heavy atom. The summed E-state index contributed by atoms with van der Waals surface area (Å²) >= 11 is 0. The number of carbonyl (C=O) groups is 2. The van der Waals surface area contributed by atoms with Crippen molar-refractivity contribution in [3.8, 4) is 0 Å². The number of hydrogen-bond acceptors (Lipinski definition) is 3. The van der Waals surface area contributed by atoms with Gasteiger partial charge in [0.2, 0.25) is 5.78 Å². The van der Waals surface area contributed by atoms with Crippen LogP contribution < -0.4 is 0 Å². The molecule has 0 radical (unpaired) electrons. The Morgan fingerprint density at radius 3 is 2.43 bits per heavy atom. The van der Waals surface area contributed by atoms with Crippen molar-refractivity contribution in [2.24, 2.45) is 0 Å². The van der Waals surface area contributed by atoms with Crippen LogP contribution in [0.5, 0.6) is 0 Å². The number of ketones is 1. The molecule has 0 aliphatic heterocycles. The van der Waals surface area contributed by atoms with Gasteiger partial charge in [-0.25, -0.2) is 4.79 Å². The van der Waals surface area contributed by atoms with E-state index in [2.05, 4.69) is 0 Å². The number of benzene rings is 1. The van der Waals surface area contributed by atoms with Gasteiger partial charge >= 0.3 is 5.97 Å². The maximum atomic E-state index is 12.7. The van der Waals surface area contributed by atoms with Gasteiger partial charge in [-0.2, -0.15) is 0 Å². The summed E-state index contributed by atoms with van der Waals surface area (Å²) in [6.45, 7) is 0. The van der Waals surface area contributed by atoms with Crippen LogP contribution in [0.25, 0.3) is 5.52 Å². The molecule has 0 spiro atoms. The molecule has 2 heterocycles. The van der Waals surface area contributed by atoms with Crippen LogP contribution in [0.4, 0.5) is 0 Å². The van der Waals surface area contributed by atoms with Gasteiger partial charge in [0.1, 0.15) is 5.69 Å². The van der Waals surface area contributed by atoms with Crippen LogP contribution in [0, 0.1) is 0 Å². The summed E-state index contributed by atoms with van der Waals surface area (Å²) in [5.41, 5.74) is 1.91. The molecular formula is C17H13NO3. The van der Waals surface area contributed by atoms with Crippen LogP contribution in [0.3, 0.4) is 0 Å². The largest absolute Gasteiger partial charge is 0.465 e. The van der Waals surface area contributed by atoms with E-state index >= 15 is 0 Å². The Hall–Kier alpha value is -2.88. The van der Waals surface area contributed by atoms with Crippen LogP contribution >= 0.6 is 0 Å². The highest BCUT2D eigenvalue weighted by Crippen LogP contribution is 2.21. The maximum Gasteiger partial charge on any atom is 0.340 e. The van der Waals surface area contributed by atoms with Gasteiger partial charge in [-0.1, -0.05) is 36.4 Å². The molecule has 21 heavy (non-hydrogen) atoms. The van der Waals surface area contributed by atoms with Gasteiger partial charge in [-0.05, 0) is 18.2 Å². The van der Waals surface area contributed by atoms with Crippen molar-refractivity contribution in [2.45, 2.75) is 0 Å². The standard InChI is InChI=1S/C17H13NO3/c1-21-17(20)14-11-13-9-5-6-10-18(13)15(14)16(19)12-7-3-2-4-8-12/h2-11H,1H3. The number of aromatic nitrogens is 1. The average molecular weight is 279 g/mol. The van der Waals surface area contributed by atoms with Crippen LogP contribution in [-0.4, -0.2) is 23.3 Å². The van der Waals surface area contributed by atoms with Gasteiger partial charge in [-0.15, -0.1) is 0 Å².